The Morgan fingerprint density at radius 1 is 0.812 bits per heavy atom. The van der Waals surface area contributed by atoms with E-state index in [0.717, 1.165) is 54.1 Å². The minimum Gasteiger partial charge on any atom is -0.493 e. The van der Waals surface area contributed by atoms with Gasteiger partial charge in [-0.2, -0.15) is 0 Å². The fourth-order valence-electron chi connectivity index (χ4n) is 6.67. The molecule has 4 aromatic rings. The monoisotopic (exact) mass is 657 g/mol. The van der Waals surface area contributed by atoms with Crippen LogP contribution in [-0.4, -0.2) is 69.8 Å². The van der Waals surface area contributed by atoms with E-state index in [9.17, 15) is 9.59 Å². The molecule has 0 unspecified atom stereocenters. The van der Waals surface area contributed by atoms with Gasteiger partial charge >= 0.3 is 0 Å². The molecule has 0 spiro atoms. The van der Waals surface area contributed by atoms with Gasteiger partial charge in [0.1, 0.15) is 6.04 Å². The highest BCUT2D eigenvalue weighted by Crippen LogP contribution is 2.41. The molecular formula is C38H47N3O7. The molecule has 1 heterocycles. The molecule has 1 aliphatic rings. The summed E-state index contributed by atoms with van der Waals surface area (Å²) in [4.78, 5) is 33.9. The number of aryl methyl sites for hydroxylation is 1. The fourth-order valence-corrected chi connectivity index (χ4v) is 6.67. The molecule has 1 aliphatic carbocycles. The van der Waals surface area contributed by atoms with Crippen LogP contribution in [0.3, 0.4) is 0 Å². The molecule has 0 radical (unpaired) electrons. The normalized spacial score (nSPS) is 13.9. The number of hydrogen-bond acceptors (Lipinski definition) is 7. The maximum Gasteiger partial charge on any atom is 0.247 e. The zero-order valence-corrected chi connectivity index (χ0v) is 28.6. The van der Waals surface area contributed by atoms with Gasteiger partial charge in [-0.15, -0.1) is 0 Å². The van der Waals surface area contributed by atoms with Gasteiger partial charge in [0.2, 0.25) is 17.6 Å². The summed E-state index contributed by atoms with van der Waals surface area (Å²) < 4.78 is 27.9. The average Bonchev–Trinajstić information content (AvgIpc) is 3.54. The number of aromatic nitrogens is 1. The third kappa shape index (κ3) is 7.81. The highest BCUT2D eigenvalue weighted by molar-refractivity contribution is 5.90. The van der Waals surface area contributed by atoms with Crippen LogP contribution in [0.15, 0.2) is 60.8 Å². The Kier molecular flexibility index (Phi) is 11.7. The molecule has 2 N–H and O–H groups in total. The van der Waals surface area contributed by atoms with E-state index in [2.05, 4.69) is 16.4 Å². The van der Waals surface area contributed by atoms with Crippen molar-refractivity contribution in [3.63, 3.8) is 0 Å². The predicted molar refractivity (Wildman–Crippen MR) is 185 cm³/mol. The van der Waals surface area contributed by atoms with Gasteiger partial charge < -0.3 is 38.9 Å². The quantitative estimate of drug-likeness (QED) is 0.152. The van der Waals surface area contributed by atoms with Gasteiger partial charge in [-0.1, -0.05) is 43.5 Å². The minimum atomic E-state index is -0.948. The fraction of sp³-hybridized carbons (Fsp3) is 0.421. The van der Waals surface area contributed by atoms with E-state index in [4.69, 9.17) is 23.7 Å². The molecule has 10 nitrogen and oxygen atoms in total. The molecule has 5 rings (SSSR count). The number of ether oxygens (including phenoxy) is 5. The standard InChI is InChI=1S/C38H47N3O7/c1-44-31-17-15-25(21-32(31)45-2)19-20-41(35(42)18-16-26-24-39-30-14-10-9-13-29(26)30)36(38(43)40-28-11-7-6-8-12-28)27-22-33(46-3)37(48-5)34(23-27)47-4/h9-10,13-15,17,21-24,28,36,39H,6-8,11-12,16,18-20H2,1-5H3,(H,40,43)/t36-/m0/s1. The van der Waals surface area contributed by atoms with Crippen LogP contribution in [0.1, 0.15) is 61.3 Å². The second kappa shape index (κ2) is 16.3. The van der Waals surface area contributed by atoms with E-state index in [1.54, 1.807) is 45.5 Å². The number of nitrogens with zero attached hydrogens (tertiary/aromatic N) is 1. The number of benzene rings is 3. The topological polar surface area (TPSA) is 111 Å². The number of para-hydroxylation sites is 1. The molecule has 3 aromatic carbocycles. The highest BCUT2D eigenvalue weighted by Gasteiger charge is 2.34. The van der Waals surface area contributed by atoms with Crippen molar-refractivity contribution < 1.29 is 33.3 Å². The first-order chi connectivity index (χ1) is 23.4. The van der Waals surface area contributed by atoms with Crippen LogP contribution in [-0.2, 0) is 22.4 Å². The third-order valence-corrected chi connectivity index (χ3v) is 9.21. The van der Waals surface area contributed by atoms with Gasteiger partial charge in [0.15, 0.2) is 23.0 Å². The first-order valence-corrected chi connectivity index (χ1v) is 16.6. The lowest BCUT2D eigenvalue weighted by molar-refractivity contribution is -0.141. The van der Waals surface area contributed by atoms with Crippen molar-refractivity contribution in [2.45, 2.75) is 63.5 Å². The Balaban J connectivity index is 1.54. The average molecular weight is 658 g/mol. The van der Waals surface area contributed by atoms with Crippen molar-refractivity contribution in [3.8, 4) is 28.7 Å². The van der Waals surface area contributed by atoms with Gasteiger partial charge in [0.05, 0.1) is 35.5 Å². The molecule has 0 saturated heterocycles. The smallest absolute Gasteiger partial charge is 0.247 e. The van der Waals surface area contributed by atoms with Crippen LogP contribution < -0.4 is 29.0 Å². The Morgan fingerprint density at radius 2 is 1.50 bits per heavy atom. The van der Waals surface area contributed by atoms with Crippen LogP contribution in [0.4, 0.5) is 0 Å². The first kappa shape index (κ1) is 34.5. The summed E-state index contributed by atoms with van der Waals surface area (Å²) in [6.45, 7) is 0.279. The van der Waals surface area contributed by atoms with Crippen LogP contribution in [0, 0.1) is 0 Å². The summed E-state index contributed by atoms with van der Waals surface area (Å²) in [6.07, 6.45) is 8.27. The predicted octanol–water partition coefficient (Wildman–Crippen LogP) is 6.41. The number of carbonyl (C=O) groups is 2. The minimum absolute atomic E-state index is 0.0461. The van der Waals surface area contributed by atoms with Gasteiger partial charge in [-0.05, 0) is 72.7 Å². The molecule has 1 fully saturated rings. The summed E-state index contributed by atoms with van der Waals surface area (Å²) in [5.41, 5.74) is 3.59. The summed E-state index contributed by atoms with van der Waals surface area (Å²) in [5, 5.41) is 4.38. The summed E-state index contributed by atoms with van der Waals surface area (Å²) in [7, 11) is 7.81. The third-order valence-electron chi connectivity index (χ3n) is 9.21. The second-order valence-corrected chi connectivity index (χ2v) is 12.1. The molecule has 1 saturated carbocycles. The van der Waals surface area contributed by atoms with Crippen molar-refractivity contribution in [2.24, 2.45) is 0 Å². The van der Waals surface area contributed by atoms with Gasteiger partial charge in [0, 0.05) is 36.1 Å². The lowest BCUT2D eigenvalue weighted by Gasteiger charge is -2.34. The number of H-pyrrole nitrogens is 1. The van der Waals surface area contributed by atoms with E-state index in [1.807, 2.05) is 42.6 Å². The van der Waals surface area contributed by atoms with Gasteiger partial charge in [-0.25, -0.2) is 0 Å². The zero-order chi connectivity index (χ0) is 34.0. The largest absolute Gasteiger partial charge is 0.493 e. The summed E-state index contributed by atoms with van der Waals surface area (Å²) >= 11 is 0. The molecule has 0 bridgehead atoms. The molecule has 1 atom stereocenters. The number of fused-ring (bicyclic) bond motifs is 1. The molecule has 0 aliphatic heterocycles. The molecule has 48 heavy (non-hydrogen) atoms. The van der Waals surface area contributed by atoms with Crippen molar-refractivity contribution in [3.05, 3.63) is 77.5 Å². The lowest BCUT2D eigenvalue weighted by Crippen LogP contribution is -2.47. The van der Waals surface area contributed by atoms with Crippen molar-refractivity contribution in [2.75, 3.05) is 42.1 Å². The van der Waals surface area contributed by atoms with E-state index < -0.39 is 6.04 Å². The summed E-state index contributed by atoms with van der Waals surface area (Å²) in [6, 6.07) is 16.4. The lowest BCUT2D eigenvalue weighted by atomic mass is 9.94. The molecule has 1 aromatic heterocycles. The van der Waals surface area contributed by atoms with Crippen LogP contribution in [0.5, 0.6) is 28.7 Å². The van der Waals surface area contributed by atoms with Crippen LogP contribution in [0.2, 0.25) is 0 Å². The Bertz CT molecular complexity index is 1670. The van der Waals surface area contributed by atoms with Crippen molar-refractivity contribution >= 4 is 22.7 Å². The first-order valence-electron chi connectivity index (χ1n) is 16.6. The van der Waals surface area contributed by atoms with E-state index in [0.29, 0.717) is 47.2 Å². The van der Waals surface area contributed by atoms with Gasteiger partial charge in [-0.3, -0.25) is 9.59 Å². The number of nitrogens with one attached hydrogen (secondary N) is 2. The van der Waals surface area contributed by atoms with Crippen molar-refractivity contribution in [1.82, 2.24) is 15.2 Å². The Morgan fingerprint density at radius 3 is 2.17 bits per heavy atom. The van der Waals surface area contributed by atoms with Crippen molar-refractivity contribution in [1.29, 1.82) is 0 Å². The molecule has 10 heteroatoms. The number of rotatable bonds is 15. The number of amides is 2. The Hall–Kier alpha value is -4.86. The number of carbonyl (C=O) groups excluding carboxylic acids is 2. The van der Waals surface area contributed by atoms with Gasteiger partial charge in [0.25, 0.3) is 0 Å². The van der Waals surface area contributed by atoms with Crippen LogP contribution in [0.25, 0.3) is 10.9 Å². The maximum absolute atomic E-state index is 14.5. The highest BCUT2D eigenvalue weighted by atomic mass is 16.5. The second-order valence-electron chi connectivity index (χ2n) is 12.1. The van der Waals surface area contributed by atoms with E-state index in [1.165, 1.54) is 7.11 Å². The molecule has 2 amide bonds. The number of hydrogen-bond donors (Lipinski definition) is 2. The Labute approximate surface area is 282 Å². The van der Waals surface area contributed by atoms with Crippen LogP contribution >= 0.6 is 0 Å². The molecule has 256 valence electrons. The number of methoxy groups -OCH3 is 5. The number of aromatic amines is 1. The SMILES string of the molecule is COc1ccc(CCN(C(=O)CCc2c[nH]c3ccccc23)[C@H](C(=O)NC2CCCCC2)c2cc(OC)c(OC)c(OC)c2)cc1OC. The maximum atomic E-state index is 14.5. The summed E-state index contributed by atoms with van der Waals surface area (Å²) in [5.74, 6) is 2.08. The van der Waals surface area contributed by atoms with E-state index in [-0.39, 0.29) is 30.8 Å². The zero-order valence-electron chi connectivity index (χ0n) is 28.6. The van der Waals surface area contributed by atoms with E-state index >= 15 is 0 Å². The molecular weight excluding hydrogens is 610 g/mol.